The molecular formula is C11H15N3O4. The quantitative estimate of drug-likeness (QED) is 0.584. The lowest BCUT2D eigenvalue weighted by Crippen LogP contribution is -2.53. The van der Waals surface area contributed by atoms with Gasteiger partial charge in [0, 0.05) is 12.1 Å². The number of nitrogens with two attached hydrogens (primary N) is 2. The number of hydrogen-bond donors (Lipinski definition) is 2. The van der Waals surface area contributed by atoms with E-state index in [0.29, 0.717) is 11.3 Å². The first-order valence-electron chi connectivity index (χ1n) is 5.20. The maximum atomic E-state index is 11.0. The van der Waals surface area contributed by atoms with Crippen LogP contribution in [0.1, 0.15) is 12.5 Å². The first-order valence-corrected chi connectivity index (χ1v) is 5.20. The summed E-state index contributed by atoms with van der Waals surface area (Å²) in [5.41, 5.74) is 10.0. The summed E-state index contributed by atoms with van der Waals surface area (Å²) in [7, 11) is 0. The number of hydrogen-bond acceptors (Lipinski definition) is 5. The number of non-ortho nitro benzene ring substituents is 1. The largest absolute Gasteiger partial charge is 0.491 e. The molecule has 4 N–H and O–H groups in total. The van der Waals surface area contributed by atoms with Crippen LogP contribution in [0.5, 0.6) is 5.75 Å². The Balaban J connectivity index is 2.81. The molecule has 98 valence electrons. The lowest BCUT2D eigenvalue weighted by atomic mass is 10.1. The molecule has 18 heavy (non-hydrogen) atoms. The van der Waals surface area contributed by atoms with Gasteiger partial charge in [-0.3, -0.25) is 14.9 Å². The minimum absolute atomic E-state index is 0.0229. The molecule has 0 bridgehead atoms. The molecule has 0 saturated carbocycles. The van der Waals surface area contributed by atoms with E-state index in [1.165, 1.54) is 25.1 Å². The minimum atomic E-state index is -1.28. The van der Waals surface area contributed by atoms with Crippen LogP contribution in [0.15, 0.2) is 18.2 Å². The second-order valence-corrected chi connectivity index (χ2v) is 4.28. The van der Waals surface area contributed by atoms with Crippen LogP contribution in [0, 0.1) is 17.0 Å². The number of nitro benzene ring substituents is 1. The molecule has 0 radical (unpaired) electrons. The minimum Gasteiger partial charge on any atom is -0.491 e. The van der Waals surface area contributed by atoms with E-state index in [9.17, 15) is 14.9 Å². The van der Waals surface area contributed by atoms with E-state index >= 15 is 0 Å². The van der Waals surface area contributed by atoms with Gasteiger partial charge in [0.25, 0.3) is 5.69 Å². The highest BCUT2D eigenvalue weighted by molar-refractivity contribution is 5.84. The van der Waals surface area contributed by atoms with Crippen LogP contribution in [0.3, 0.4) is 0 Å². The van der Waals surface area contributed by atoms with Crippen LogP contribution < -0.4 is 16.2 Å². The van der Waals surface area contributed by atoms with Crippen LogP contribution >= 0.6 is 0 Å². The van der Waals surface area contributed by atoms with Crippen molar-refractivity contribution in [3.8, 4) is 5.75 Å². The molecule has 7 nitrogen and oxygen atoms in total. The number of aryl methyl sites for hydroxylation is 1. The summed E-state index contributed by atoms with van der Waals surface area (Å²) in [6.07, 6.45) is 0. The molecule has 1 rings (SSSR count). The summed E-state index contributed by atoms with van der Waals surface area (Å²) >= 11 is 0. The van der Waals surface area contributed by atoms with E-state index in [1.807, 2.05) is 0 Å². The van der Waals surface area contributed by atoms with Gasteiger partial charge in [-0.05, 0) is 25.5 Å². The Morgan fingerprint density at radius 1 is 1.56 bits per heavy atom. The Morgan fingerprint density at radius 2 is 2.17 bits per heavy atom. The number of nitro groups is 1. The van der Waals surface area contributed by atoms with Crippen molar-refractivity contribution in [2.45, 2.75) is 19.4 Å². The summed E-state index contributed by atoms with van der Waals surface area (Å²) in [4.78, 5) is 21.1. The second kappa shape index (κ2) is 5.01. The van der Waals surface area contributed by atoms with Gasteiger partial charge in [0.15, 0.2) is 0 Å². The Hall–Kier alpha value is -2.15. The molecule has 1 atom stereocenters. The van der Waals surface area contributed by atoms with E-state index in [0.717, 1.165) is 0 Å². The Morgan fingerprint density at radius 3 is 2.61 bits per heavy atom. The van der Waals surface area contributed by atoms with E-state index in [4.69, 9.17) is 16.2 Å². The smallest absolute Gasteiger partial charge is 0.269 e. The van der Waals surface area contributed by atoms with Crippen LogP contribution in [0.2, 0.25) is 0 Å². The highest BCUT2D eigenvalue weighted by Crippen LogP contribution is 2.23. The van der Waals surface area contributed by atoms with Gasteiger partial charge in [0.05, 0.1) is 4.92 Å². The zero-order valence-electron chi connectivity index (χ0n) is 10.2. The van der Waals surface area contributed by atoms with Crippen LogP contribution in [0.4, 0.5) is 5.69 Å². The number of benzene rings is 1. The predicted molar refractivity (Wildman–Crippen MR) is 65.1 cm³/mol. The highest BCUT2D eigenvalue weighted by atomic mass is 16.6. The molecule has 0 aliphatic carbocycles. The van der Waals surface area contributed by atoms with Crippen molar-refractivity contribution in [2.24, 2.45) is 11.5 Å². The number of carbonyl (C=O) groups excluding carboxylic acids is 1. The van der Waals surface area contributed by atoms with Gasteiger partial charge < -0.3 is 16.2 Å². The molecule has 0 fully saturated rings. The maximum absolute atomic E-state index is 11.0. The summed E-state index contributed by atoms with van der Waals surface area (Å²) in [5, 5.41) is 10.6. The number of amides is 1. The molecule has 0 aromatic heterocycles. The molecule has 0 aliphatic heterocycles. The van der Waals surface area contributed by atoms with Crippen LogP contribution in [0.25, 0.3) is 0 Å². The molecule has 1 aromatic carbocycles. The predicted octanol–water partition coefficient (Wildman–Crippen LogP) is 0.485. The van der Waals surface area contributed by atoms with Gasteiger partial charge in [-0.1, -0.05) is 0 Å². The number of rotatable bonds is 5. The van der Waals surface area contributed by atoms with Crippen molar-refractivity contribution in [1.82, 2.24) is 0 Å². The number of carbonyl (C=O) groups is 1. The SMILES string of the molecule is Cc1cc([N+](=O)[O-])ccc1OCC(C)(N)C(N)=O. The van der Waals surface area contributed by atoms with E-state index < -0.39 is 16.4 Å². The van der Waals surface area contributed by atoms with E-state index in [1.54, 1.807) is 6.92 Å². The fraction of sp³-hybridized carbons (Fsp3) is 0.364. The number of ether oxygens (including phenoxy) is 1. The van der Waals surface area contributed by atoms with Crippen molar-refractivity contribution >= 4 is 11.6 Å². The average molecular weight is 253 g/mol. The van der Waals surface area contributed by atoms with Gasteiger partial charge in [0.1, 0.15) is 17.9 Å². The summed E-state index contributed by atoms with van der Waals surface area (Å²) in [6, 6.07) is 4.17. The normalized spacial score (nSPS) is 13.7. The third-order valence-electron chi connectivity index (χ3n) is 2.46. The van der Waals surface area contributed by atoms with Crippen molar-refractivity contribution in [3.05, 3.63) is 33.9 Å². The Bertz CT molecular complexity index is 485. The topological polar surface area (TPSA) is 121 Å². The first-order chi connectivity index (χ1) is 8.24. The molecule has 0 aliphatic rings. The third kappa shape index (κ3) is 3.17. The van der Waals surface area contributed by atoms with Crippen LogP contribution in [-0.2, 0) is 4.79 Å². The van der Waals surface area contributed by atoms with Crippen molar-refractivity contribution in [3.63, 3.8) is 0 Å². The Labute approximate surface area is 104 Å². The molecule has 0 spiro atoms. The molecule has 1 aromatic rings. The molecule has 0 heterocycles. The van der Waals surface area contributed by atoms with Gasteiger partial charge in [-0.25, -0.2) is 0 Å². The van der Waals surface area contributed by atoms with Gasteiger partial charge in [-0.15, -0.1) is 0 Å². The van der Waals surface area contributed by atoms with Gasteiger partial charge >= 0.3 is 0 Å². The summed E-state index contributed by atoms with van der Waals surface area (Å²) in [6.45, 7) is 3.03. The lowest BCUT2D eigenvalue weighted by Gasteiger charge is -2.21. The number of primary amides is 1. The van der Waals surface area contributed by atoms with Crippen LogP contribution in [-0.4, -0.2) is 23.0 Å². The molecule has 0 saturated heterocycles. The highest BCUT2D eigenvalue weighted by Gasteiger charge is 2.27. The molecule has 1 amide bonds. The Kier molecular flexibility index (Phi) is 3.87. The third-order valence-corrected chi connectivity index (χ3v) is 2.46. The molecule has 1 unspecified atom stereocenters. The average Bonchev–Trinajstić information content (AvgIpc) is 2.26. The fourth-order valence-corrected chi connectivity index (χ4v) is 1.21. The standard InChI is InChI=1S/C11H15N3O4/c1-7-5-8(14(16)17)3-4-9(7)18-6-11(2,13)10(12)15/h3-5H,6,13H2,1-2H3,(H2,12,15). The summed E-state index contributed by atoms with van der Waals surface area (Å²) < 4.78 is 5.35. The first kappa shape index (κ1) is 13.9. The molecular weight excluding hydrogens is 238 g/mol. The van der Waals surface area contributed by atoms with Gasteiger partial charge in [-0.2, -0.15) is 0 Å². The van der Waals surface area contributed by atoms with Crippen molar-refractivity contribution < 1.29 is 14.5 Å². The maximum Gasteiger partial charge on any atom is 0.269 e. The van der Waals surface area contributed by atoms with Gasteiger partial charge in [0.2, 0.25) is 5.91 Å². The van der Waals surface area contributed by atoms with Crippen molar-refractivity contribution in [2.75, 3.05) is 6.61 Å². The molecule has 7 heteroatoms. The second-order valence-electron chi connectivity index (χ2n) is 4.28. The van der Waals surface area contributed by atoms with E-state index in [2.05, 4.69) is 0 Å². The van der Waals surface area contributed by atoms with E-state index in [-0.39, 0.29) is 12.3 Å². The monoisotopic (exact) mass is 253 g/mol. The number of nitrogens with zero attached hydrogens (tertiary/aromatic N) is 1. The lowest BCUT2D eigenvalue weighted by molar-refractivity contribution is -0.384. The summed E-state index contributed by atoms with van der Waals surface area (Å²) in [5.74, 6) is -0.249. The fourth-order valence-electron chi connectivity index (χ4n) is 1.21. The zero-order valence-corrected chi connectivity index (χ0v) is 10.2. The zero-order chi connectivity index (χ0) is 13.9. The van der Waals surface area contributed by atoms with Crippen molar-refractivity contribution in [1.29, 1.82) is 0 Å².